The van der Waals surface area contributed by atoms with Gasteiger partial charge in [-0.05, 0) is 37.5 Å². The molecule has 5 heteroatoms. The highest BCUT2D eigenvalue weighted by atomic mass is 16.4. The normalized spacial score (nSPS) is 9.33. The maximum atomic E-state index is 10.6. The molecular weight excluding hydrogens is 230 g/mol. The molecule has 92 valence electrons. The summed E-state index contributed by atoms with van der Waals surface area (Å²) in [6.07, 6.45) is 1.98. The van der Waals surface area contributed by atoms with Crippen molar-refractivity contribution in [3.8, 4) is 12.1 Å². The Morgan fingerprint density at radius 2 is 2.00 bits per heavy atom. The summed E-state index contributed by atoms with van der Waals surface area (Å²) in [7, 11) is 0. The maximum Gasteiger partial charge on any atom is 0.303 e. The number of hydrogen-bond donors (Lipinski definition) is 2. The van der Waals surface area contributed by atoms with Crippen LogP contribution in [0.15, 0.2) is 5.57 Å². The summed E-state index contributed by atoms with van der Waals surface area (Å²) in [6.45, 7) is 3.69. The third-order valence-corrected chi connectivity index (χ3v) is 2.75. The topological polar surface area (TPSA) is 101 Å². The minimum atomic E-state index is -0.846. The molecule has 5 nitrogen and oxygen atoms in total. The van der Waals surface area contributed by atoms with Gasteiger partial charge in [-0.15, -0.1) is 0 Å². The van der Waals surface area contributed by atoms with E-state index < -0.39 is 5.97 Å². The van der Waals surface area contributed by atoms with Crippen LogP contribution in [-0.2, 0) is 11.2 Å². The first-order valence-corrected chi connectivity index (χ1v) is 5.41. The van der Waals surface area contributed by atoms with E-state index in [0.29, 0.717) is 12.1 Å². The molecule has 1 aromatic heterocycles. The molecule has 0 fully saturated rings. The van der Waals surface area contributed by atoms with E-state index in [1.165, 1.54) is 6.08 Å². The zero-order valence-corrected chi connectivity index (χ0v) is 10.2. The van der Waals surface area contributed by atoms with Crippen LogP contribution in [0, 0.1) is 36.5 Å². The van der Waals surface area contributed by atoms with Crippen LogP contribution in [0.25, 0.3) is 6.08 Å². The molecule has 0 aliphatic heterocycles. The molecule has 1 heterocycles. The molecule has 0 unspecified atom stereocenters. The molecule has 2 N–H and O–H groups in total. The van der Waals surface area contributed by atoms with Crippen LogP contribution in [0.1, 0.15) is 28.9 Å². The lowest BCUT2D eigenvalue weighted by Crippen LogP contribution is -1.98. The lowest BCUT2D eigenvalue weighted by atomic mass is 10.0. The lowest BCUT2D eigenvalue weighted by Gasteiger charge is -1.99. The molecule has 0 bridgehead atoms. The van der Waals surface area contributed by atoms with E-state index in [1.54, 1.807) is 12.1 Å². The number of carbonyl (C=O) groups is 1. The SMILES string of the molecule is Cc1[nH]c(C=C(C#N)C#N)c(C)c1CCC(=O)O. The Hall–Kier alpha value is -2.53. The Kier molecular flexibility index (Phi) is 4.28. The van der Waals surface area contributed by atoms with E-state index in [0.717, 1.165) is 16.8 Å². The smallest absolute Gasteiger partial charge is 0.303 e. The fourth-order valence-corrected chi connectivity index (χ4v) is 1.80. The molecule has 0 aromatic carbocycles. The molecule has 18 heavy (non-hydrogen) atoms. The highest BCUT2D eigenvalue weighted by Gasteiger charge is 2.11. The summed E-state index contributed by atoms with van der Waals surface area (Å²) >= 11 is 0. The van der Waals surface area contributed by atoms with Crippen LogP contribution in [0.3, 0.4) is 0 Å². The number of carboxylic acids is 1. The monoisotopic (exact) mass is 243 g/mol. The van der Waals surface area contributed by atoms with Crippen LogP contribution >= 0.6 is 0 Å². The number of nitrogens with zero attached hydrogens (tertiary/aromatic N) is 2. The van der Waals surface area contributed by atoms with Gasteiger partial charge in [0.05, 0.1) is 0 Å². The van der Waals surface area contributed by atoms with Crippen molar-refractivity contribution in [3.63, 3.8) is 0 Å². The Bertz CT molecular complexity index is 567. The zero-order valence-electron chi connectivity index (χ0n) is 10.2. The van der Waals surface area contributed by atoms with Gasteiger partial charge in [-0.2, -0.15) is 10.5 Å². The number of aromatic amines is 1. The van der Waals surface area contributed by atoms with Crippen molar-refractivity contribution < 1.29 is 9.90 Å². The van der Waals surface area contributed by atoms with Gasteiger partial charge in [-0.25, -0.2) is 0 Å². The Morgan fingerprint density at radius 1 is 1.39 bits per heavy atom. The number of rotatable bonds is 4. The summed E-state index contributed by atoms with van der Waals surface area (Å²) in [5.41, 5.74) is 3.39. The predicted molar refractivity (Wildman–Crippen MR) is 65.4 cm³/mol. The summed E-state index contributed by atoms with van der Waals surface area (Å²) in [4.78, 5) is 13.6. The molecule has 0 aliphatic rings. The van der Waals surface area contributed by atoms with E-state index >= 15 is 0 Å². The highest BCUT2D eigenvalue weighted by molar-refractivity contribution is 5.68. The van der Waals surface area contributed by atoms with Gasteiger partial charge in [0.25, 0.3) is 0 Å². The largest absolute Gasteiger partial charge is 0.481 e. The fraction of sp³-hybridized carbons (Fsp3) is 0.308. The van der Waals surface area contributed by atoms with Gasteiger partial charge < -0.3 is 10.1 Å². The summed E-state index contributed by atoms with van der Waals surface area (Å²) in [5.74, 6) is -0.846. The van der Waals surface area contributed by atoms with Crippen molar-refractivity contribution in [2.24, 2.45) is 0 Å². The molecule has 1 rings (SSSR count). The van der Waals surface area contributed by atoms with Gasteiger partial charge >= 0.3 is 5.97 Å². The van der Waals surface area contributed by atoms with Gasteiger partial charge in [0, 0.05) is 17.8 Å². The van der Waals surface area contributed by atoms with Crippen molar-refractivity contribution in [2.45, 2.75) is 26.7 Å². The van der Waals surface area contributed by atoms with Gasteiger partial charge in [-0.3, -0.25) is 4.79 Å². The number of aromatic nitrogens is 1. The number of allylic oxidation sites excluding steroid dienone is 1. The predicted octanol–water partition coefficient (Wildman–Crippen LogP) is 2.08. The second kappa shape index (κ2) is 5.70. The molecule has 0 spiro atoms. The fourth-order valence-electron chi connectivity index (χ4n) is 1.80. The van der Waals surface area contributed by atoms with E-state index in [-0.39, 0.29) is 12.0 Å². The molecule has 0 atom stereocenters. The Labute approximate surface area is 105 Å². The zero-order chi connectivity index (χ0) is 13.7. The summed E-state index contributed by atoms with van der Waals surface area (Å²) in [5, 5.41) is 26.1. The minimum Gasteiger partial charge on any atom is -0.481 e. The van der Waals surface area contributed by atoms with Crippen molar-refractivity contribution in [3.05, 3.63) is 28.1 Å². The average molecular weight is 243 g/mol. The number of H-pyrrole nitrogens is 1. The molecular formula is C13H13N3O2. The Morgan fingerprint density at radius 3 is 2.50 bits per heavy atom. The molecule has 0 saturated carbocycles. The second-order valence-corrected chi connectivity index (χ2v) is 3.94. The highest BCUT2D eigenvalue weighted by Crippen LogP contribution is 2.21. The van der Waals surface area contributed by atoms with E-state index in [1.807, 2.05) is 13.8 Å². The lowest BCUT2D eigenvalue weighted by molar-refractivity contribution is -0.136. The van der Waals surface area contributed by atoms with Crippen molar-refractivity contribution >= 4 is 12.0 Å². The molecule has 0 radical (unpaired) electrons. The minimum absolute atomic E-state index is 0.0177. The molecule has 0 amide bonds. The van der Waals surface area contributed by atoms with Crippen molar-refractivity contribution in [2.75, 3.05) is 0 Å². The van der Waals surface area contributed by atoms with Crippen LogP contribution < -0.4 is 0 Å². The summed E-state index contributed by atoms with van der Waals surface area (Å²) < 4.78 is 0. The van der Waals surface area contributed by atoms with Crippen LogP contribution in [0.4, 0.5) is 0 Å². The van der Waals surface area contributed by atoms with Crippen LogP contribution in [-0.4, -0.2) is 16.1 Å². The number of aryl methyl sites for hydroxylation is 1. The Balaban J connectivity index is 3.09. The number of nitriles is 2. The van der Waals surface area contributed by atoms with Gasteiger partial charge in [0.15, 0.2) is 0 Å². The van der Waals surface area contributed by atoms with Crippen molar-refractivity contribution in [1.82, 2.24) is 4.98 Å². The molecule has 0 saturated heterocycles. The number of aliphatic carboxylic acids is 1. The van der Waals surface area contributed by atoms with Gasteiger partial charge in [0.2, 0.25) is 0 Å². The number of hydrogen-bond acceptors (Lipinski definition) is 3. The van der Waals surface area contributed by atoms with E-state index in [2.05, 4.69) is 4.98 Å². The quantitative estimate of drug-likeness (QED) is 0.790. The molecule has 0 aliphatic carbocycles. The average Bonchev–Trinajstić information content (AvgIpc) is 2.59. The first-order valence-electron chi connectivity index (χ1n) is 5.41. The summed E-state index contributed by atoms with van der Waals surface area (Å²) in [6, 6.07) is 3.58. The first-order chi connectivity index (χ1) is 8.49. The standard InChI is InChI=1S/C13H13N3O2/c1-8-11(3-4-13(17)18)9(2)16-12(8)5-10(6-14)7-15/h5,16H,3-4H2,1-2H3,(H,17,18). The van der Waals surface area contributed by atoms with E-state index in [9.17, 15) is 4.79 Å². The van der Waals surface area contributed by atoms with Crippen molar-refractivity contribution in [1.29, 1.82) is 10.5 Å². The second-order valence-electron chi connectivity index (χ2n) is 3.94. The van der Waals surface area contributed by atoms with Crippen LogP contribution in [0.2, 0.25) is 0 Å². The molecule has 1 aromatic rings. The van der Waals surface area contributed by atoms with E-state index in [4.69, 9.17) is 15.6 Å². The third-order valence-electron chi connectivity index (χ3n) is 2.75. The number of carboxylic acid groups (broad SMARTS) is 1. The number of nitrogens with one attached hydrogen (secondary N) is 1. The van der Waals surface area contributed by atoms with Gasteiger partial charge in [-0.1, -0.05) is 0 Å². The first kappa shape index (κ1) is 13.5. The maximum absolute atomic E-state index is 10.6. The third kappa shape index (κ3) is 2.99. The van der Waals surface area contributed by atoms with Crippen LogP contribution in [0.5, 0.6) is 0 Å². The van der Waals surface area contributed by atoms with Gasteiger partial charge in [0.1, 0.15) is 17.7 Å².